The van der Waals surface area contributed by atoms with E-state index in [9.17, 15) is 0 Å². The first-order chi connectivity index (χ1) is 8.61. The van der Waals surface area contributed by atoms with Gasteiger partial charge in [-0.1, -0.05) is 26.0 Å². The monoisotopic (exact) mass is 246 g/mol. The van der Waals surface area contributed by atoms with Crippen LogP contribution in [0, 0.1) is 17.2 Å². The summed E-state index contributed by atoms with van der Waals surface area (Å²) in [6, 6.07) is 9.87. The van der Waals surface area contributed by atoms with Crippen molar-refractivity contribution in [2.45, 2.75) is 20.3 Å². The molecule has 98 valence electrons. The molecule has 18 heavy (non-hydrogen) atoms. The molecule has 0 spiro atoms. The van der Waals surface area contributed by atoms with Crippen LogP contribution in [-0.2, 0) is 6.42 Å². The minimum Gasteiger partial charge on any atom is -0.492 e. The fraction of sp³-hybridized carbons (Fsp3) is 0.533. The predicted molar refractivity (Wildman–Crippen MR) is 73.6 cm³/mol. The van der Waals surface area contributed by atoms with E-state index in [4.69, 9.17) is 10.00 Å². The molecule has 0 bridgehead atoms. The van der Waals surface area contributed by atoms with Crippen molar-refractivity contribution in [3.05, 3.63) is 29.8 Å². The van der Waals surface area contributed by atoms with E-state index in [2.05, 4.69) is 31.9 Å². The van der Waals surface area contributed by atoms with Gasteiger partial charge in [0, 0.05) is 13.1 Å². The highest BCUT2D eigenvalue weighted by atomic mass is 16.5. The van der Waals surface area contributed by atoms with Gasteiger partial charge < -0.3 is 9.64 Å². The van der Waals surface area contributed by atoms with E-state index >= 15 is 0 Å². The molecular weight excluding hydrogens is 224 g/mol. The fourth-order valence-corrected chi connectivity index (χ4v) is 1.83. The summed E-state index contributed by atoms with van der Waals surface area (Å²) < 4.78 is 5.67. The maximum absolute atomic E-state index is 8.58. The number of rotatable bonds is 7. The number of nitrogens with zero attached hydrogens (tertiary/aromatic N) is 2. The Morgan fingerprint density at radius 3 is 2.50 bits per heavy atom. The predicted octanol–water partition coefficient (Wildman–Crippen LogP) is 2.72. The van der Waals surface area contributed by atoms with Crippen molar-refractivity contribution in [3.63, 3.8) is 0 Å². The first-order valence-electron chi connectivity index (χ1n) is 6.39. The Kier molecular flexibility index (Phi) is 6.24. The van der Waals surface area contributed by atoms with Crippen molar-refractivity contribution in [1.29, 1.82) is 5.26 Å². The zero-order valence-electron chi connectivity index (χ0n) is 11.5. The van der Waals surface area contributed by atoms with Crippen molar-refractivity contribution >= 4 is 0 Å². The van der Waals surface area contributed by atoms with E-state index in [1.807, 2.05) is 24.3 Å². The number of nitriles is 1. The van der Waals surface area contributed by atoms with Gasteiger partial charge in [0.1, 0.15) is 12.4 Å². The van der Waals surface area contributed by atoms with E-state index in [-0.39, 0.29) is 0 Å². The van der Waals surface area contributed by atoms with Gasteiger partial charge in [0.15, 0.2) is 0 Å². The average Bonchev–Trinajstić information content (AvgIpc) is 2.31. The molecule has 0 unspecified atom stereocenters. The van der Waals surface area contributed by atoms with Crippen LogP contribution in [-0.4, -0.2) is 31.6 Å². The summed E-state index contributed by atoms with van der Waals surface area (Å²) in [6.45, 7) is 7.14. The highest BCUT2D eigenvalue weighted by molar-refractivity contribution is 5.28. The zero-order chi connectivity index (χ0) is 13.4. The third-order valence-electron chi connectivity index (χ3n) is 2.63. The quantitative estimate of drug-likeness (QED) is 0.742. The SMILES string of the molecule is CC(C)CN(C)CCOc1ccc(CC#N)cc1. The second kappa shape index (κ2) is 7.73. The van der Waals surface area contributed by atoms with Crippen LogP contribution in [0.2, 0.25) is 0 Å². The summed E-state index contributed by atoms with van der Waals surface area (Å²) in [5, 5.41) is 8.58. The molecule has 0 aliphatic carbocycles. The Hall–Kier alpha value is -1.53. The van der Waals surface area contributed by atoms with E-state index in [0.29, 0.717) is 18.9 Å². The van der Waals surface area contributed by atoms with Gasteiger partial charge in [-0.05, 0) is 30.7 Å². The van der Waals surface area contributed by atoms with E-state index in [1.54, 1.807) is 0 Å². The summed E-state index contributed by atoms with van der Waals surface area (Å²) in [6.07, 6.45) is 0.456. The van der Waals surface area contributed by atoms with E-state index in [0.717, 1.165) is 24.4 Å². The molecule has 1 aromatic rings. The molecule has 0 fully saturated rings. The standard InChI is InChI=1S/C15H22N2O/c1-13(2)12-17(3)10-11-18-15-6-4-14(5-7-15)8-9-16/h4-7,13H,8,10-12H2,1-3H3. The van der Waals surface area contributed by atoms with Crippen LogP contribution in [0.25, 0.3) is 0 Å². The first-order valence-corrected chi connectivity index (χ1v) is 6.39. The molecule has 0 N–H and O–H groups in total. The lowest BCUT2D eigenvalue weighted by atomic mass is 10.2. The maximum atomic E-state index is 8.58. The molecular formula is C15H22N2O. The van der Waals surface area contributed by atoms with Crippen molar-refractivity contribution in [2.24, 2.45) is 5.92 Å². The highest BCUT2D eigenvalue weighted by Gasteiger charge is 2.02. The van der Waals surface area contributed by atoms with Crippen LogP contribution in [0.4, 0.5) is 0 Å². The molecule has 0 aromatic heterocycles. The molecule has 1 aromatic carbocycles. The van der Waals surface area contributed by atoms with E-state index in [1.165, 1.54) is 0 Å². The molecule has 3 nitrogen and oxygen atoms in total. The number of benzene rings is 1. The van der Waals surface area contributed by atoms with Gasteiger partial charge in [-0.25, -0.2) is 0 Å². The molecule has 3 heteroatoms. The molecule has 1 rings (SSSR count). The molecule has 0 heterocycles. The van der Waals surface area contributed by atoms with Crippen LogP contribution in [0.15, 0.2) is 24.3 Å². The first kappa shape index (κ1) is 14.5. The van der Waals surface area contributed by atoms with Gasteiger partial charge in [-0.15, -0.1) is 0 Å². The van der Waals surface area contributed by atoms with Crippen LogP contribution < -0.4 is 4.74 Å². The third kappa shape index (κ3) is 5.70. The number of likely N-dealkylation sites (N-methyl/N-ethyl adjacent to an activating group) is 1. The second-order valence-electron chi connectivity index (χ2n) is 4.98. The Labute approximate surface area is 110 Å². The maximum Gasteiger partial charge on any atom is 0.119 e. The van der Waals surface area contributed by atoms with Gasteiger partial charge in [0.05, 0.1) is 12.5 Å². The summed E-state index contributed by atoms with van der Waals surface area (Å²) in [4.78, 5) is 2.27. The van der Waals surface area contributed by atoms with E-state index < -0.39 is 0 Å². The lowest BCUT2D eigenvalue weighted by Gasteiger charge is -2.18. The van der Waals surface area contributed by atoms with Crippen LogP contribution in [0.3, 0.4) is 0 Å². The minimum absolute atomic E-state index is 0.456. The van der Waals surface area contributed by atoms with Crippen LogP contribution >= 0.6 is 0 Å². The molecule has 0 atom stereocenters. The van der Waals surface area contributed by atoms with Crippen molar-refractivity contribution in [3.8, 4) is 11.8 Å². The second-order valence-corrected chi connectivity index (χ2v) is 4.98. The number of hydrogen-bond donors (Lipinski definition) is 0. The Morgan fingerprint density at radius 2 is 1.94 bits per heavy atom. The lowest BCUT2D eigenvalue weighted by Crippen LogP contribution is -2.27. The van der Waals surface area contributed by atoms with Crippen molar-refractivity contribution in [2.75, 3.05) is 26.7 Å². The van der Waals surface area contributed by atoms with Crippen molar-refractivity contribution in [1.82, 2.24) is 4.90 Å². The normalized spacial score (nSPS) is 10.7. The summed E-state index contributed by atoms with van der Waals surface area (Å²) in [7, 11) is 2.11. The molecule has 0 saturated heterocycles. The Bertz CT molecular complexity index is 378. The van der Waals surface area contributed by atoms with Gasteiger partial charge >= 0.3 is 0 Å². The minimum atomic E-state index is 0.456. The summed E-state index contributed by atoms with van der Waals surface area (Å²) in [5.41, 5.74) is 1.03. The molecule has 0 aliphatic heterocycles. The van der Waals surface area contributed by atoms with Crippen LogP contribution in [0.1, 0.15) is 19.4 Å². The van der Waals surface area contributed by atoms with Crippen molar-refractivity contribution < 1.29 is 4.74 Å². The average molecular weight is 246 g/mol. The van der Waals surface area contributed by atoms with Gasteiger partial charge in [0.2, 0.25) is 0 Å². The molecule has 0 amide bonds. The lowest BCUT2D eigenvalue weighted by molar-refractivity contribution is 0.223. The summed E-state index contributed by atoms with van der Waals surface area (Å²) >= 11 is 0. The number of hydrogen-bond acceptors (Lipinski definition) is 3. The smallest absolute Gasteiger partial charge is 0.119 e. The number of ether oxygens (including phenoxy) is 1. The zero-order valence-corrected chi connectivity index (χ0v) is 11.5. The molecule has 0 aliphatic rings. The van der Waals surface area contributed by atoms with Gasteiger partial charge in [-0.3, -0.25) is 0 Å². The topological polar surface area (TPSA) is 36.3 Å². The molecule has 0 saturated carbocycles. The third-order valence-corrected chi connectivity index (χ3v) is 2.63. The highest BCUT2D eigenvalue weighted by Crippen LogP contribution is 2.12. The Morgan fingerprint density at radius 1 is 1.28 bits per heavy atom. The van der Waals surface area contributed by atoms with Gasteiger partial charge in [0.25, 0.3) is 0 Å². The fourth-order valence-electron chi connectivity index (χ4n) is 1.83. The van der Waals surface area contributed by atoms with Gasteiger partial charge in [-0.2, -0.15) is 5.26 Å². The van der Waals surface area contributed by atoms with Crippen LogP contribution in [0.5, 0.6) is 5.75 Å². The summed E-state index contributed by atoms with van der Waals surface area (Å²) in [5.74, 6) is 1.55. The molecule has 0 radical (unpaired) electrons. The largest absolute Gasteiger partial charge is 0.492 e. The Balaban J connectivity index is 2.29.